The molecule has 23 heavy (non-hydrogen) atoms. The number of ketones is 1. The normalized spacial score (nSPS) is 10.7. The van der Waals surface area contributed by atoms with Gasteiger partial charge in [0.1, 0.15) is 5.75 Å². The molecule has 3 aromatic rings. The highest BCUT2D eigenvalue weighted by Gasteiger charge is 2.14. The highest BCUT2D eigenvalue weighted by molar-refractivity contribution is 7.99. The van der Waals surface area contributed by atoms with Gasteiger partial charge in [-0.05, 0) is 23.6 Å². The molecule has 5 nitrogen and oxygen atoms in total. The molecule has 0 radical (unpaired) electrons. The number of ether oxygens (including phenoxy) is 1. The fraction of sp³-hybridized carbons (Fsp3) is 0.188. The third-order valence-electron chi connectivity index (χ3n) is 3.29. The van der Waals surface area contributed by atoms with E-state index in [0.29, 0.717) is 10.9 Å². The lowest BCUT2D eigenvalue weighted by Crippen LogP contribution is -2.02. The van der Waals surface area contributed by atoms with Crippen LogP contribution in [0.3, 0.4) is 0 Å². The number of carbonyl (C=O) groups excluding carboxylic acids is 1. The van der Waals surface area contributed by atoms with Crippen molar-refractivity contribution in [3.8, 4) is 17.1 Å². The molecule has 0 saturated carbocycles. The largest absolute Gasteiger partial charge is 0.497 e. The molecule has 0 atom stereocenters. The van der Waals surface area contributed by atoms with Gasteiger partial charge in [-0.2, -0.15) is 0 Å². The Morgan fingerprint density at radius 3 is 2.91 bits per heavy atom. The van der Waals surface area contributed by atoms with Crippen LogP contribution in [-0.2, 0) is 7.05 Å². The van der Waals surface area contributed by atoms with E-state index in [-0.39, 0.29) is 5.78 Å². The van der Waals surface area contributed by atoms with Crippen LogP contribution in [0.2, 0.25) is 0 Å². The molecule has 7 heteroatoms. The number of methoxy groups -OCH3 is 1. The molecule has 0 unspecified atom stereocenters. The zero-order valence-electron chi connectivity index (χ0n) is 12.7. The van der Waals surface area contributed by atoms with E-state index in [9.17, 15) is 4.79 Å². The summed E-state index contributed by atoms with van der Waals surface area (Å²) >= 11 is 2.85. The van der Waals surface area contributed by atoms with Crippen LogP contribution in [0.4, 0.5) is 0 Å². The van der Waals surface area contributed by atoms with Crippen molar-refractivity contribution in [1.29, 1.82) is 0 Å². The van der Waals surface area contributed by atoms with Crippen LogP contribution in [0.1, 0.15) is 9.67 Å². The van der Waals surface area contributed by atoms with Gasteiger partial charge >= 0.3 is 0 Å². The van der Waals surface area contributed by atoms with Crippen molar-refractivity contribution in [3.05, 3.63) is 46.7 Å². The molecule has 0 fully saturated rings. The lowest BCUT2D eigenvalue weighted by molar-refractivity contribution is 0.102. The minimum absolute atomic E-state index is 0.107. The number of thiophene rings is 1. The van der Waals surface area contributed by atoms with Crippen molar-refractivity contribution < 1.29 is 9.53 Å². The number of aromatic nitrogens is 3. The molecule has 3 rings (SSSR count). The fourth-order valence-electron chi connectivity index (χ4n) is 2.09. The Morgan fingerprint density at radius 1 is 1.30 bits per heavy atom. The van der Waals surface area contributed by atoms with Crippen LogP contribution in [0.15, 0.2) is 46.9 Å². The Morgan fingerprint density at radius 2 is 2.17 bits per heavy atom. The number of carbonyl (C=O) groups is 1. The minimum Gasteiger partial charge on any atom is -0.497 e. The topological polar surface area (TPSA) is 57.0 Å². The Hall–Kier alpha value is -2.12. The van der Waals surface area contributed by atoms with Gasteiger partial charge in [0.2, 0.25) is 0 Å². The molecule has 0 spiro atoms. The van der Waals surface area contributed by atoms with Crippen molar-refractivity contribution in [2.45, 2.75) is 5.16 Å². The summed E-state index contributed by atoms with van der Waals surface area (Å²) < 4.78 is 7.13. The maximum Gasteiger partial charge on any atom is 0.191 e. The van der Waals surface area contributed by atoms with Crippen LogP contribution in [0.5, 0.6) is 5.75 Å². The highest BCUT2D eigenvalue weighted by Crippen LogP contribution is 2.26. The number of thioether (sulfide) groups is 1. The lowest BCUT2D eigenvalue weighted by atomic mass is 10.2. The number of Topliss-reactive ketones (excluding diaryl/α,β-unsaturated/α-hetero) is 1. The molecule has 2 aromatic heterocycles. The summed E-state index contributed by atoms with van der Waals surface area (Å²) in [5.74, 6) is 1.98. The molecule has 1 aromatic carbocycles. The molecule has 0 N–H and O–H groups in total. The summed E-state index contributed by atoms with van der Waals surface area (Å²) in [6, 6.07) is 11.4. The van der Waals surface area contributed by atoms with E-state index in [1.165, 1.54) is 23.1 Å². The van der Waals surface area contributed by atoms with Crippen LogP contribution in [-0.4, -0.2) is 33.4 Å². The third-order valence-corrected chi connectivity index (χ3v) is 5.22. The van der Waals surface area contributed by atoms with Gasteiger partial charge in [-0.1, -0.05) is 30.0 Å². The van der Waals surface area contributed by atoms with E-state index in [4.69, 9.17) is 4.74 Å². The average Bonchev–Trinajstić information content (AvgIpc) is 3.23. The van der Waals surface area contributed by atoms with E-state index in [2.05, 4.69) is 10.2 Å². The van der Waals surface area contributed by atoms with Gasteiger partial charge in [-0.15, -0.1) is 21.5 Å². The van der Waals surface area contributed by atoms with Gasteiger partial charge in [0.15, 0.2) is 16.8 Å². The summed E-state index contributed by atoms with van der Waals surface area (Å²) in [5.41, 5.74) is 0.927. The monoisotopic (exact) mass is 345 g/mol. The Balaban J connectivity index is 1.75. The Kier molecular flexibility index (Phi) is 4.78. The molecular formula is C16H15N3O2S2. The summed E-state index contributed by atoms with van der Waals surface area (Å²) in [6.07, 6.45) is 0. The zero-order valence-corrected chi connectivity index (χ0v) is 14.4. The first kappa shape index (κ1) is 15.8. The van der Waals surface area contributed by atoms with Crippen LogP contribution < -0.4 is 4.74 Å². The van der Waals surface area contributed by atoms with E-state index in [0.717, 1.165) is 22.0 Å². The second-order valence-corrected chi connectivity index (χ2v) is 6.68. The zero-order chi connectivity index (χ0) is 16.2. The summed E-state index contributed by atoms with van der Waals surface area (Å²) in [4.78, 5) is 12.8. The number of nitrogens with zero attached hydrogens (tertiary/aromatic N) is 3. The number of benzene rings is 1. The van der Waals surface area contributed by atoms with Gasteiger partial charge < -0.3 is 9.30 Å². The summed E-state index contributed by atoms with van der Waals surface area (Å²) in [5, 5.41) is 11.0. The Labute approximate surface area is 142 Å². The SMILES string of the molecule is COc1cccc(-c2nnc(SCC(=O)c3cccs3)n2C)c1. The first-order valence-electron chi connectivity index (χ1n) is 6.92. The maximum atomic E-state index is 12.1. The van der Waals surface area contributed by atoms with Gasteiger partial charge in [0.25, 0.3) is 0 Å². The van der Waals surface area contributed by atoms with Crippen molar-refractivity contribution in [2.24, 2.45) is 7.05 Å². The first-order chi connectivity index (χ1) is 11.2. The highest BCUT2D eigenvalue weighted by atomic mass is 32.2. The first-order valence-corrected chi connectivity index (χ1v) is 8.79. The van der Waals surface area contributed by atoms with Crippen LogP contribution in [0, 0.1) is 0 Å². The number of rotatable bonds is 6. The van der Waals surface area contributed by atoms with Crippen molar-refractivity contribution in [1.82, 2.24) is 14.8 Å². The van der Waals surface area contributed by atoms with E-state index < -0.39 is 0 Å². The van der Waals surface area contributed by atoms with Gasteiger partial charge in [-0.25, -0.2) is 0 Å². The molecule has 0 aliphatic heterocycles. The second kappa shape index (κ2) is 6.97. The van der Waals surface area contributed by atoms with Crippen LogP contribution in [0.25, 0.3) is 11.4 Å². The van der Waals surface area contributed by atoms with Gasteiger partial charge in [-0.3, -0.25) is 4.79 Å². The summed E-state index contributed by atoms with van der Waals surface area (Å²) in [7, 11) is 3.53. The van der Waals surface area contributed by atoms with Gasteiger partial charge in [0, 0.05) is 12.6 Å². The lowest BCUT2D eigenvalue weighted by Gasteiger charge is -2.05. The molecule has 118 valence electrons. The predicted molar refractivity (Wildman–Crippen MR) is 92.4 cm³/mol. The average molecular weight is 345 g/mol. The standard InChI is InChI=1S/C16H15N3O2S2/c1-19-15(11-5-3-6-12(9-11)21-2)17-18-16(19)23-10-13(20)14-7-4-8-22-14/h3-9H,10H2,1-2H3. The smallest absolute Gasteiger partial charge is 0.191 e. The Bertz CT molecular complexity index is 813. The van der Waals surface area contributed by atoms with Gasteiger partial charge in [0.05, 0.1) is 17.7 Å². The predicted octanol–water partition coefficient (Wildman–Crippen LogP) is 3.53. The molecule has 2 heterocycles. The molecule has 0 amide bonds. The molecule has 0 aliphatic rings. The van der Waals surface area contributed by atoms with Crippen molar-refractivity contribution >= 4 is 28.9 Å². The number of hydrogen-bond donors (Lipinski definition) is 0. The molecule has 0 aliphatic carbocycles. The maximum absolute atomic E-state index is 12.1. The fourth-order valence-corrected chi connectivity index (χ4v) is 3.64. The summed E-state index contributed by atoms with van der Waals surface area (Å²) in [6.45, 7) is 0. The minimum atomic E-state index is 0.107. The molecular weight excluding hydrogens is 330 g/mol. The second-order valence-electron chi connectivity index (χ2n) is 4.79. The third kappa shape index (κ3) is 3.46. The van der Waals surface area contributed by atoms with Crippen molar-refractivity contribution in [3.63, 3.8) is 0 Å². The van der Waals surface area contributed by atoms with E-state index in [1.54, 1.807) is 7.11 Å². The van der Waals surface area contributed by atoms with E-state index >= 15 is 0 Å². The molecule has 0 bridgehead atoms. The quantitative estimate of drug-likeness (QED) is 0.505. The molecule has 0 saturated heterocycles. The number of hydrogen-bond acceptors (Lipinski definition) is 6. The van der Waals surface area contributed by atoms with Crippen molar-refractivity contribution in [2.75, 3.05) is 12.9 Å². The van der Waals surface area contributed by atoms with E-state index in [1.807, 2.05) is 53.4 Å². The van der Waals surface area contributed by atoms with Crippen LogP contribution >= 0.6 is 23.1 Å².